The van der Waals surface area contributed by atoms with Crippen molar-refractivity contribution in [2.45, 2.75) is 20.8 Å². The van der Waals surface area contributed by atoms with Gasteiger partial charge in [-0.15, -0.1) is 0 Å². The van der Waals surface area contributed by atoms with E-state index >= 15 is 0 Å². The molecular formula is C23H28N4O. The Morgan fingerprint density at radius 2 is 1.82 bits per heavy atom. The number of benzene rings is 1. The van der Waals surface area contributed by atoms with E-state index in [-0.39, 0.29) is 5.78 Å². The largest absolute Gasteiger partial charge is 0.343 e. The maximum atomic E-state index is 13.3. The van der Waals surface area contributed by atoms with E-state index in [1.54, 1.807) is 0 Å². The van der Waals surface area contributed by atoms with Crippen molar-refractivity contribution in [3.8, 4) is 0 Å². The number of nitrogens with zero attached hydrogens (tertiary/aromatic N) is 4. The van der Waals surface area contributed by atoms with Crippen LogP contribution < -0.4 is 0 Å². The highest BCUT2D eigenvalue weighted by Crippen LogP contribution is 2.36. The summed E-state index contributed by atoms with van der Waals surface area (Å²) in [5.74, 6) is 0.632. The lowest BCUT2D eigenvalue weighted by Crippen LogP contribution is -2.33. The predicted octanol–water partition coefficient (Wildman–Crippen LogP) is 3.70. The van der Waals surface area contributed by atoms with Crippen molar-refractivity contribution < 1.29 is 4.79 Å². The van der Waals surface area contributed by atoms with Crippen molar-refractivity contribution in [3.05, 3.63) is 70.5 Å². The molecule has 5 heteroatoms. The summed E-state index contributed by atoms with van der Waals surface area (Å²) in [5.41, 5.74) is 5.23. The predicted molar refractivity (Wildman–Crippen MR) is 116 cm³/mol. The molecule has 5 nitrogen and oxygen atoms in total. The second kappa shape index (κ2) is 8.07. The van der Waals surface area contributed by atoms with Crippen molar-refractivity contribution in [2.24, 2.45) is 9.98 Å². The summed E-state index contributed by atoms with van der Waals surface area (Å²) in [7, 11) is 4.09. The molecule has 0 fully saturated rings. The van der Waals surface area contributed by atoms with Gasteiger partial charge < -0.3 is 9.80 Å². The fourth-order valence-corrected chi connectivity index (χ4v) is 3.43. The van der Waals surface area contributed by atoms with Gasteiger partial charge in [0.05, 0.1) is 5.57 Å². The monoisotopic (exact) mass is 376 g/mol. The van der Waals surface area contributed by atoms with E-state index in [0.29, 0.717) is 22.8 Å². The van der Waals surface area contributed by atoms with Gasteiger partial charge >= 0.3 is 0 Å². The normalized spacial score (nSPS) is 16.1. The number of allylic oxidation sites excluding steroid dienone is 5. The van der Waals surface area contributed by atoms with Gasteiger partial charge in [0.2, 0.25) is 5.96 Å². The van der Waals surface area contributed by atoms with E-state index in [1.807, 2.05) is 56.1 Å². The minimum atomic E-state index is -0.0148. The lowest BCUT2D eigenvalue weighted by atomic mass is 9.82. The molecule has 1 aliphatic heterocycles. The van der Waals surface area contributed by atoms with Crippen LogP contribution in [0.25, 0.3) is 0 Å². The lowest BCUT2D eigenvalue weighted by Gasteiger charge is -2.21. The number of ketones is 1. The van der Waals surface area contributed by atoms with Crippen LogP contribution in [-0.2, 0) is 0 Å². The molecule has 0 radical (unpaired) electrons. The van der Waals surface area contributed by atoms with Gasteiger partial charge in [-0.1, -0.05) is 49.4 Å². The van der Waals surface area contributed by atoms with E-state index < -0.39 is 0 Å². The van der Waals surface area contributed by atoms with Crippen LogP contribution in [0.4, 0.5) is 0 Å². The van der Waals surface area contributed by atoms with Crippen LogP contribution in [0.2, 0.25) is 0 Å². The fourth-order valence-electron chi connectivity index (χ4n) is 3.43. The number of likely N-dealkylation sites (N-methyl/N-ethyl adjacent to an activating group) is 2. The number of guanidine groups is 1. The summed E-state index contributed by atoms with van der Waals surface area (Å²) in [6.07, 6.45) is 1.93. The zero-order chi connectivity index (χ0) is 20.4. The smallest absolute Gasteiger partial charge is 0.226 e. The van der Waals surface area contributed by atoms with E-state index in [0.717, 1.165) is 42.1 Å². The molecule has 0 bridgehead atoms. The lowest BCUT2D eigenvalue weighted by molar-refractivity contribution is 0.103. The molecule has 0 saturated heterocycles. The second-order valence-electron chi connectivity index (χ2n) is 7.27. The maximum Gasteiger partial charge on any atom is 0.226 e. The molecule has 0 spiro atoms. The Balaban J connectivity index is 2.10. The van der Waals surface area contributed by atoms with E-state index in [2.05, 4.69) is 25.5 Å². The van der Waals surface area contributed by atoms with Crippen LogP contribution in [0.15, 0.2) is 69.3 Å². The Morgan fingerprint density at radius 1 is 1.14 bits per heavy atom. The molecule has 0 atom stereocenters. The number of Topliss-reactive ketones (excluding diaryl/α,β-unsaturated/α-hetero) is 1. The number of aliphatic imine (C=N–C) groups is 2. The van der Waals surface area contributed by atoms with Gasteiger partial charge in [-0.3, -0.25) is 4.79 Å². The van der Waals surface area contributed by atoms with Crippen molar-refractivity contribution in [2.75, 3.05) is 33.7 Å². The quantitative estimate of drug-likeness (QED) is 0.711. The van der Waals surface area contributed by atoms with E-state index in [4.69, 9.17) is 9.98 Å². The summed E-state index contributed by atoms with van der Waals surface area (Å²) >= 11 is 0. The summed E-state index contributed by atoms with van der Waals surface area (Å²) in [5, 5.41) is 0. The summed E-state index contributed by atoms with van der Waals surface area (Å²) < 4.78 is 0. The van der Waals surface area contributed by atoms with Gasteiger partial charge in [0, 0.05) is 31.3 Å². The average Bonchev–Trinajstić information content (AvgIpc) is 3.14. The van der Waals surface area contributed by atoms with Crippen LogP contribution in [0.5, 0.6) is 0 Å². The first-order valence-corrected chi connectivity index (χ1v) is 9.67. The second-order valence-corrected chi connectivity index (χ2v) is 7.27. The van der Waals surface area contributed by atoms with Crippen molar-refractivity contribution in [1.29, 1.82) is 0 Å². The van der Waals surface area contributed by atoms with E-state index in [9.17, 15) is 4.79 Å². The molecule has 3 rings (SSSR count). The minimum Gasteiger partial charge on any atom is -0.343 e. The highest BCUT2D eigenvalue weighted by atomic mass is 16.1. The molecule has 2 aliphatic rings. The first-order valence-electron chi connectivity index (χ1n) is 9.67. The average molecular weight is 377 g/mol. The first kappa shape index (κ1) is 20.0. The molecule has 0 N–H and O–H groups in total. The third kappa shape index (κ3) is 3.50. The summed E-state index contributed by atoms with van der Waals surface area (Å²) in [6, 6.07) is 7.63. The Labute approximate surface area is 167 Å². The molecule has 28 heavy (non-hydrogen) atoms. The number of hydrogen-bond acceptors (Lipinski definition) is 5. The molecule has 0 amide bonds. The number of fused-ring (bicyclic) bond motifs is 3. The van der Waals surface area contributed by atoms with Gasteiger partial charge in [-0.2, -0.15) is 0 Å². The fraction of sp³-hybridized carbons (Fsp3) is 0.348. The van der Waals surface area contributed by atoms with Crippen LogP contribution in [0, 0.1) is 0 Å². The highest BCUT2D eigenvalue weighted by molar-refractivity contribution is 6.33. The van der Waals surface area contributed by atoms with Crippen LogP contribution in [0.3, 0.4) is 0 Å². The van der Waals surface area contributed by atoms with Gasteiger partial charge in [-0.05, 0) is 33.0 Å². The van der Waals surface area contributed by atoms with Crippen LogP contribution in [-0.4, -0.2) is 61.0 Å². The molecule has 1 heterocycles. The molecular weight excluding hydrogens is 348 g/mol. The van der Waals surface area contributed by atoms with Crippen molar-refractivity contribution >= 4 is 17.5 Å². The van der Waals surface area contributed by atoms with Crippen LogP contribution in [0.1, 0.15) is 36.7 Å². The molecule has 146 valence electrons. The maximum absolute atomic E-state index is 13.3. The van der Waals surface area contributed by atoms with Crippen LogP contribution >= 0.6 is 0 Å². The van der Waals surface area contributed by atoms with Crippen molar-refractivity contribution in [3.63, 3.8) is 0 Å². The number of rotatable bonds is 6. The molecule has 1 aliphatic carbocycles. The molecule has 0 aromatic heterocycles. The molecule has 0 unspecified atom stereocenters. The van der Waals surface area contributed by atoms with E-state index in [1.165, 1.54) is 0 Å². The summed E-state index contributed by atoms with van der Waals surface area (Å²) in [4.78, 5) is 27.2. The Morgan fingerprint density at radius 3 is 2.43 bits per heavy atom. The van der Waals surface area contributed by atoms with Gasteiger partial charge in [-0.25, -0.2) is 9.98 Å². The molecule has 0 saturated carbocycles. The standard InChI is InChI=1S/C23H28N4O/c1-7-16(15(3)4)19-21-20(17-11-9-10-12-18(17)22(19)28)24-23(25-21)27(6)14-13-26(5)8-2/h7,9-12H,3,8,13-14H2,1-2,4-6H3/b16-7+. The zero-order valence-corrected chi connectivity index (χ0v) is 17.4. The number of carbonyl (C=O) groups excluding carboxylic acids is 1. The Bertz CT molecular complexity index is 949. The third-order valence-corrected chi connectivity index (χ3v) is 5.25. The highest BCUT2D eigenvalue weighted by Gasteiger charge is 2.35. The number of carbonyl (C=O) groups is 1. The molecule has 1 aromatic carbocycles. The summed E-state index contributed by atoms with van der Waals surface area (Å²) in [6.45, 7) is 12.8. The first-order chi connectivity index (χ1) is 13.4. The van der Waals surface area contributed by atoms with Gasteiger partial charge in [0.25, 0.3) is 0 Å². The molecule has 1 aromatic rings. The zero-order valence-electron chi connectivity index (χ0n) is 17.4. The Kier molecular flexibility index (Phi) is 5.75. The number of hydrogen-bond donors (Lipinski definition) is 0. The topological polar surface area (TPSA) is 48.3 Å². The van der Waals surface area contributed by atoms with Gasteiger partial charge in [0.1, 0.15) is 11.4 Å². The Hall–Kier alpha value is -2.79. The minimum absolute atomic E-state index is 0.0148. The SMILES string of the molecule is C=C(C)/C(=C\C)C1=C2N=C(N(C)CCN(C)CC)N=C2c2ccccc2C1=O. The van der Waals surface area contributed by atoms with Gasteiger partial charge in [0.15, 0.2) is 5.78 Å². The third-order valence-electron chi connectivity index (χ3n) is 5.25. The van der Waals surface area contributed by atoms with Crippen molar-refractivity contribution in [1.82, 2.24) is 9.80 Å².